The Hall–Kier alpha value is -1.91. The lowest BCUT2D eigenvalue weighted by atomic mass is 9.50. The van der Waals surface area contributed by atoms with Crippen molar-refractivity contribution in [2.75, 3.05) is 0 Å². The molecule has 1 aromatic carbocycles. The van der Waals surface area contributed by atoms with Crippen LogP contribution in [0.15, 0.2) is 24.3 Å². The van der Waals surface area contributed by atoms with Crippen LogP contribution in [0.25, 0.3) is 0 Å². The van der Waals surface area contributed by atoms with Crippen molar-refractivity contribution in [2.24, 2.45) is 11.3 Å². The van der Waals surface area contributed by atoms with E-state index in [9.17, 15) is 14.0 Å². The maximum atomic E-state index is 13.9. The third kappa shape index (κ3) is 2.41. The average Bonchev–Trinajstić information content (AvgIpc) is 2.44. The van der Waals surface area contributed by atoms with E-state index in [1.807, 2.05) is 0 Å². The van der Waals surface area contributed by atoms with Gasteiger partial charge >= 0.3 is 0 Å². The first-order chi connectivity index (χ1) is 11.4. The van der Waals surface area contributed by atoms with Crippen molar-refractivity contribution in [2.45, 2.75) is 57.0 Å². The molecule has 1 aromatic rings. The number of hydrogen-bond acceptors (Lipinski definition) is 2. The molecule has 1 aliphatic heterocycles. The molecule has 3 aliphatic rings. The van der Waals surface area contributed by atoms with Crippen molar-refractivity contribution in [1.82, 2.24) is 10.6 Å². The van der Waals surface area contributed by atoms with Gasteiger partial charge in [-0.2, -0.15) is 0 Å². The Labute approximate surface area is 141 Å². The molecule has 1 saturated heterocycles. The lowest BCUT2D eigenvalue weighted by molar-refractivity contribution is -0.146. The SMILES string of the molecule is CC1(Cc2ccccc2F)NC(=O)C(C2CC3(CCC3)C2)NC1=O. The number of amides is 2. The second-order valence-corrected chi connectivity index (χ2v) is 8.06. The summed E-state index contributed by atoms with van der Waals surface area (Å²) in [7, 11) is 0. The molecule has 0 radical (unpaired) electrons. The highest BCUT2D eigenvalue weighted by Crippen LogP contribution is 2.59. The van der Waals surface area contributed by atoms with Crippen LogP contribution in [-0.2, 0) is 16.0 Å². The van der Waals surface area contributed by atoms with Gasteiger partial charge in [0.25, 0.3) is 0 Å². The van der Waals surface area contributed by atoms with E-state index in [1.165, 1.54) is 25.3 Å². The first-order valence-corrected chi connectivity index (χ1v) is 8.77. The zero-order valence-electron chi connectivity index (χ0n) is 13.9. The van der Waals surface area contributed by atoms with E-state index >= 15 is 0 Å². The van der Waals surface area contributed by atoms with Gasteiger partial charge in [-0.25, -0.2) is 4.39 Å². The fourth-order valence-electron chi connectivity index (χ4n) is 4.62. The summed E-state index contributed by atoms with van der Waals surface area (Å²) >= 11 is 0. The molecule has 1 heterocycles. The molecule has 2 atom stereocenters. The zero-order chi connectivity index (χ0) is 16.9. The van der Waals surface area contributed by atoms with Gasteiger partial charge in [-0.3, -0.25) is 9.59 Å². The number of hydrogen-bond donors (Lipinski definition) is 2. The Balaban J connectivity index is 1.45. The Kier molecular flexibility index (Phi) is 3.44. The van der Waals surface area contributed by atoms with Gasteiger partial charge in [-0.05, 0) is 55.6 Å². The molecule has 2 N–H and O–H groups in total. The number of rotatable bonds is 3. The average molecular weight is 330 g/mol. The van der Waals surface area contributed by atoms with E-state index in [1.54, 1.807) is 25.1 Å². The predicted molar refractivity (Wildman–Crippen MR) is 87.6 cm³/mol. The number of piperazine rings is 1. The molecule has 5 heteroatoms. The summed E-state index contributed by atoms with van der Waals surface area (Å²) in [5, 5.41) is 5.77. The number of carbonyl (C=O) groups excluding carboxylic acids is 2. The Bertz CT molecular complexity index is 692. The molecular weight excluding hydrogens is 307 g/mol. The zero-order valence-corrected chi connectivity index (χ0v) is 13.9. The minimum Gasteiger partial charge on any atom is -0.342 e. The molecule has 2 amide bonds. The number of carbonyl (C=O) groups is 2. The van der Waals surface area contributed by atoms with Crippen LogP contribution in [0.4, 0.5) is 4.39 Å². The van der Waals surface area contributed by atoms with Crippen molar-refractivity contribution >= 4 is 11.8 Å². The molecule has 0 bridgehead atoms. The Morgan fingerprint density at radius 3 is 2.54 bits per heavy atom. The van der Waals surface area contributed by atoms with E-state index in [4.69, 9.17) is 0 Å². The molecule has 3 fully saturated rings. The van der Waals surface area contributed by atoms with Gasteiger partial charge in [-0.15, -0.1) is 0 Å². The third-order valence-electron chi connectivity index (χ3n) is 6.25. The van der Waals surface area contributed by atoms with Crippen LogP contribution in [-0.4, -0.2) is 23.4 Å². The number of nitrogens with one attached hydrogen (secondary N) is 2. The van der Waals surface area contributed by atoms with Crippen molar-refractivity contribution in [1.29, 1.82) is 0 Å². The van der Waals surface area contributed by atoms with Gasteiger partial charge in [0, 0.05) is 6.42 Å². The van der Waals surface area contributed by atoms with Crippen LogP contribution in [0.2, 0.25) is 0 Å². The fourth-order valence-corrected chi connectivity index (χ4v) is 4.62. The van der Waals surface area contributed by atoms with Gasteiger partial charge in [0.2, 0.25) is 11.8 Å². The molecular formula is C19H23FN2O2. The molecule has 2 aliphatic carbocycles. The van der Waals surface area contributed by atoms with Crippen LogP contribution in [0.1, 0.15) is 44.6 Å². The molecule has 1 spiro atoms. The summed E-state index contributed by atoms with van der Waals surface area (Å²) in [5.41, 5.74) is -0.206. The molecule has 4 nitrogen and oxygen atoms in total. The van der Waals surface area contributed by atoms with E-state index < -0.39 is 11.6 Å². The summed E-state index contributed by atoms with van der Waals surface area (Å²) in [5.74, 6) is -0.460. The van der Waals surface area contributed by atoms with Crippen LogP contribution >= 0.6 is 0 Å². The number of benzene rings is 1. The van der Waals surface area contributed by atoms with Crippen molar-refractivity contribution < 1.29 is 14.0 Å². The standard InChI is InChI=1S/C19H23FN2O2/c1-18(9-12-5-2-3-6-14(12)20)17(24)21-15(16(23)22-18)13-10-19(11-13)7-4-8-19/h2-3,5-6,13,15H,4,7-11H2,1H3,(H,21,24)(H,22,23). The first-order valence-electron chi connectivity index (χ1n) is 8.77. The lowest BCUT2D eigenvalue weighted by Gasteiger charge is -2.57. The smallest absolute Gasteiger partial charge is 0.246 e. The van der Waals surface area contributed by atoms with Crippen LogP contribution < -0.4 is 10.6 Å². The molecule has 2 saturated carbocycles. The topological polar surface area (TPSA) is 58.2 Å². The summed E-state index contributed by atoms with van der Waals surface area (Å²) in [6.07, 6.45) is 6.04. The quantitative estimate of drug-likeness (QED) is 0.894. The molecule has 4 rings (SSSR count). The van der Waals surface area contributed by atoms with Crippen LogP contribution in [0.5, 0.6) is 0 Å². The van der Waals surface area contributed by atoms with Gasteiger partial charge < -0.3 is 10.6 Å². The summed E-state index contributed by atoms with van der Waals surface area (Å²) in [4.78, 5) is 25.2. The van der Waals surface area contributed by atoms with Gasteiger partial charge in [0.15, 0.2) is 0 Å². The van der Waals surface area contributed by atoms with Crippen molar-refractivity contribution in [3.05, 3.63) is 35.6 Å². The largest absolute Gasteiger partial charge is 0.342 e. The van der Waals surface area contributed by atoms with E-state index in [0.29, 0.717) is 11.0 Å². The second kappa shape index (κ2) is 5.30. The molecule has 0 aromatic heterocycles. The first kappa shape index (κ1) is 15.6. The second-order valence-electron chi connectivity index (χ2n) is 8.06. The van der Waals surface area contributed by atoms with Crippen LogP contribution in [0, 0.1) is 17.2 Å². The van der Waals surface area contributed by atoms with Crippen molar-refractivity contribution in [3.63, 3.8) is 0 Å². The fraction of sp³-hybridized carbons (Fsp3) is 0.579. The molecule has 2 unspecified atom stereocenters. The lowest BCUT2D eigenvalue weighted by Crippen LogP contribution is -2.71. The monoisotopic (exact) mass is 330 g/mol. The third-order valence-corrected chi connectivity index (χ3v) is 6.25. The van der Waals surface area contributed by atoms with E-state index in [-0.39, 0.29) is 30.0 Å². The van der Waals surface area contributed by atoms with Gasteiger partial charge in [0.05, 0.1) is 0 Å². The highest BCUT2D eigenvalue weighted by Gasteiger charge is 2.54. The number of halogens is 1. The molecule has 128 valence electrons. The summed E-state index contributed by atoms with van der Waals surface area (Å²) < 4.78 is 13.9. The predicted octanol–water partition coefficient (Wildman–Crippen LogP) is 2.32. The van der Waals surface area contributed by atoms with Crippen LogP contribution in [0.3, 0.4) is 0 Å². The summed E-state index contributed by atoms with van der Waals surface area (Å²) in [6, 6.07) is 5.94. The highest BCUT2D eigenvalue weighted by atomic mass is 19.1. The molecule has 24 heavy (non-hydrogen) atoms. The maximum Gasteiger partial charge on any atom is 0.246 e. The Morgan fingerprint density at radius 1 is 1.21 bits per heavy atom. The van der Waals surface area contributed by atoms with E-state index in [0.717, 1.165) is 12.8 Å². The van der Waals surface area contributed by atoms with Crippen molar-refractivity contribution in [3.8, 4) is 0 Å². The Morgan fingerprint density at radius 2 is 1.92 bits per heavy atom. The van der Waals surface area contributed by atoms with Gasteiger partial charge in [-0.1, -0.05) is 24.6 Å². The maximum absolute atomic E-state index is 13.9. The minimum atomic E-state index is -1.10. The summed E-state index contributed by atoms with van der Waals surface area (Å²) in [6.45, 7) is 1.66. The minimum absolute atomic E-state index is 0.132. The highest BCUT2D eigenvalue weighted by molar-refractivity contribution is 6.00. The normalized spacial score (nSPS) is 31.8. The van der Waals surface area contributed by atoms with E-state index in [2.05, 4.69) is 10.6 Å². The van der Waals surface area contributed by atoms with Gasteiger partial charge in [0.1, 0.15) is 17.4 Å².